The maximum absolute atomic E-state index is 14.0. The Hall–Kier alpha value is -0.500. The first kappa shape index (κ1) is 14.9. The predicted octanol–water partition coefficient (Wildman–Crippen LogP) is 2.16. The van der Waals surface area contributed by atoms with Crippen LogP contribution >= 0.6 is 15.9 Å². The zero-order valence-electron chi connectivity index (χ0n) is 10.4. The first-order valence-electron chi connectivity index (χ1n) is 5.96. The molecule has 1 saturated carbocycles. The molecule has 19 heavy (non-hydrogen) atoms. The van der Waals surface area contributed by atoms with Crippen LogP contribution in [-0.4, -0.2) is 19.6 Å². The average Bonchev–Trinajstić information content (AvgIpc) is 3.14. The monoisotopic (exact) mass is 351 g/mol. The largest absolute Gasteiger partial charge is 0.392 e. The van der Waals surface area contributed by atoms with E-state index in [1.807, 2.05) is 0 Å². The van der Waals surface area contributed by atoms with Crippen molar-refractivity contribution < 1.29 is 17.9 Å². The summed E-state index contributed by atoms with van der Waals surface area (Å²) in [5, 5.41) is 9.04. The van der Waals surface area contributed by atoms with Gasteiger partial charge in [0.05, 0.1) is 6.61 Å². The second kappa shape index (κ2) is 5.47. The van der Waals surface area contributed by atoms with Crippen molar-refractivity contribution in [2.24, 2.45) is 5.92 Å². The van der Waals surface area contributed by atoms with E-state index in [9.17, 15) is 12.8 Å². The molecule has 4 nitrogen and oxygen atoms in total. The predicted molar refractivity (Wildman–Crippen MR) is 72.5 cm³/mol. The minimum Gasteiger partial charge on any atom is -0.392 e. The lowest BCUT2D eigenvalue weighted by molar-refractivity contribution is 0.274. The lowest BCUT2D eigenvalue weighted by Gasteiger charge is -2.15. The van der Waals surface area contributed by atoms with Gasteiger partial charge in [-0.05, 0) is 37.8 Å². The second-order valence-electron chi connectivity index (χ2n) is 4.78. The van der Waals surface area contributed by atoms with Gasteiger partial charge in [-0.2, -0.15) is 0 Å². The highest BCUT2D eigenvalue weighted by Crippen LogP contribution is 2.33. The molecule has 0 heterocycles. The third-order valence-electron chi connectivity index (χ3n) is 3.21. The van der Waals surface area contributed by atoms with E-state index in [2.05, 4.69) is 20.7 Å². The minimum atomic E-state index is -3.92. The molecule has 2 N–H and O–H groups in total. The molecule has 0 aromatic heterocycles. The Morgan fingerprint density at radius 2 is 2.16 bits per heavy atom. The van der Waals surface area contributed by atoms with Crippen LogP contribution in [0.3, 0.4) is 0 Å². The molecule has 7 heteroatoms. The molecule has 0 saturated heterocycles. The number of halogens is 2. The molecule has 1 fully saturated rings. The van der Waals surface area contributed by atoms with Gasteiger partial charge in [-0.15, -0.1) is 0 Å². The molecule has 2 rings (SSSR count). The highest BCUT2D eigenvalue weighted by atomic mass is 79.9. The van der Waals surface area contributed by atoms with Crippen molar-refractivity contribution in [1.82, 2.24) is 4.72 Å². The van der Waals surface area contributed by atoms with Crippen LogP contribution in [0.2, 0.25) is 0 Å². The van der Waals surface area contributed by atoms with Gasteiger partial charge >= 0.3 is 0 Å². The van der Waals surface area contributed by atoms with Gasteiger partial charge in [-0.3, -0.25) is 0 Å². The van der Waals surface area contributed by atoms with E-state index in [0.717, 1.165) is 12.8 Å². The van der Waals surface area contributed by atoms with Gasteiger partial charge in [-0.1, -0.05) is 15.9 Å². The Labute approximate surface area is 120 Å². The Bertz CT molecular complexity index is 587. The number of rotatable bonds is 5. The Morgan fingerprint density at radius 3 is 2.68 bits per heavy atom. The maximum Gasteiger partial charge on any atom is 0.243 e. The number of aliphatic hydroxyl groups is 1. The van der Waals surface area contributed by atoms with Crippen molar-refractivity contribution in [2.45, 2.75) is 37.3 Å². The van der Waals surface area contributed by atoms with Crippen LogP contribution < -0.4 is 4.72 Å². The van der Waals surface area contributed by atoms with Crippen molar-refractivity contribution in [2.75, 3.05) is 0 Å². The van der Waals surface area contributed by atoms with E-state index < -0.39 is 27.3 Å². The van der Waals surface area contributed by atoms with Crippen LogP contribution in [0.15, 0.2) is 21.5 Å². The van der Waals surface area contributed by atoms with Crippen LogP contribution in [0.5, 0.6) is 0 Å². The highest BCUT2D eigenvalue weighted by Gasteiger charge is 2.32. The van der Waals surface area contributed by atoms with Crippen LogP contribution in [0, 0.1) is 11.7 Å². The molecule has 0 radical (unpaired) electrons. The summed E-state index contributed by atoms with van der Waals surface area (Å²) in [6.45, 7) is 1.23. The van der Waals surface area contributed by atoms with E-state index in [-0.39, 0.29) is 11.6 Å². The van der Waals surface area contributed by atoms with Crippen LogP contribution in [-0.2, 0) is 16.6 Å². The average molecular weight is 352 g/mol. The molecule has 0 bridgehead atoms. The van der Waals surface area contributed by atoms with Crippen LogP contribution in [0.25, 0.3) is 0 Å². The lowest BCUT2D eigenvalue weighted by Crippen LogP contribution is -2.34. The van der Waals surface area contributed by atoms with E-state index in [4.69, 9.17) is 5.11 Å². The molecule has 1 atom stereocenters. The third-order valence-corrected chi connectivity index (χ3v) is 5.23. The van der Waals surface area contributed by atoms with Crippen molar-refractivity contribution in [1.29, 1.82) is 0 Å². The van der Waals surface area contributed by atoms with Crippen molar-refractivity contribution >= 4 is 26.0 Å². The number of nitrogens with one attached hydrogen (secondary N) is 1. The maximum atomic E-state index is 14.0. The van der Waals surface area contributed by atoms with E-state index in [1.54, 1.807) is 6.92 Å². The number of hydrogen-bond acceptors (Lipinski definition) is 3. The fourth-order valence-electron chi connectivity index (χ4n) is 1.93. The van der Waals surface area contributed by atoms with Gasteiger partial charge in [0, 0.05) is 16.1 Å². The highest BCUT2D eigenvalue weighted by molar-refractivity contribution is 9.10. The summed E-state index contributed by atoms with van der Waals surface area (Å²) in [5.74, 6) is -0.566. The molecule has 1 unspecified atom stereocenters. The molecule has 0 spiro atoms. The number of sulfonamides is 1. The molecular weight excluding hydrogens is 337 g/mol. The molecule has 0 aliphatic heterocycles. The van der Waals surface area contributed by atoms with Crippen LogP contribution in [0.4, 0.5) is 4.39 Å². The summed E-state index contributed by atoms with van der Waals surface area (Å²) in [6, 6.07) is 2.36. The smallest absolute Gasteiger partial charge is 0.243 e. The number of hydrogen-bond donors (Lipinski definition) is 2. The Balaban J connectivity index is 2.36. The number of aliphatic hydroxyl groups excluding tert-OH is 1. The van der Waals surface area contributed by atoms with Gasteiger partial charge in [0.1, 0.15) is 10.7 Å². The molecule has 1 aliphatic rings. The van der Waals surface area contributed by atoms with E-state index in [0.29, 0.717) is 10.4 Å². The minimum absolute atomic E-state index is 0.0474. The summed E-state index contributed by atoms with van der Waals surface area (Å²) in [5.41, 5.74) is -0.0474. The van der Waals surface area contributed by atoms with Gasteiger partial charge in [0.25, 0.3) is 0 Å². The SMILES string of the molecule is CC(NS(=O)(=O)c1cc(Br)cc(CO)c1F)C1CC1. The fourth-order valence-corrected chi connectivity index (χ4v) is 4.04. The van der Waals surface area contributed by atoms with E-state index in [1.165, 1.54) is 12.1 Å². The van der Waals surface area contributed by atoms with Crippen molar-refractivity contribution in [3.05, 3.63) is 28.0 Å². The van der Waals surface area contributed by atoms with Crippen molar-refractivity contribution in [3.63, 3.8) is 0 Å². The topological polar surface area (TPSA) is 66.4 Å². The molecule has 0 amide bonds. The zero-order valence-corrected chi connectivity index (χ0v) is 12.8. The molecule has 1 aliphatic carbocycles. The van der Waals surface area contributed by atoms with Gasteiger partial charge in [-0.25, -0.2) is 17.5 Å². The molecule has 1 aromatic carbocycles. The second-order valence-corrected chi connectivity index (χ2v) is 7.38. The van der Waals surface area contributed by atoms with Crippen LogP contribution in [0.1, 0.15) is 25.3 Å². The Morgan fingerprint density at radius 1 is 1.53 bits per heavy atom. The van der Waals surface area contributed by atoms with E-state index >= 15 is 0 Å². The first-order valence-corrected chi connectivity index (χ1v) is 8.24. The summed E-state index contributed by atoms with van der Waals surface area (Å²) in [6.07, 6.45) is 1.99. The summed E-state index contributed by atoms with van der Waals surface area (Å²) in [4.78, 5) is -0.432. The quantitative estimate of drug-likeness (QED) is 0.854. The number of benzene rings is 1. The van der Waals surface area contributed by atoms with Gasteiger partial charge < -0.3 is 5.11 Å². The summed E-state index contributed by atoms with van der Waals surface area (Å²) < 4.78 is 41.2. The summed E-state index contributed by atoms with van der Waals surface area (Å²) in [7, 11) is -3.92. The standard InChI is InChI=1S/C12H15BrFNO3S/c1-7(8-2-3-8)15-19(17,18)11-5-10(13)4-9(6-16)12(11)14/h4-5,7-8,15-16H,2-3,6H2,1H3. The zero-order chi connectivity index (χ0) is 14.2. The fraction of sp³-hybridized carbons (Fsp3) is 0.500. The molecular formula is C12H15BrFNO3S. The first-order chi connectivity index (χ1) is 8.85. The molecule has 1 aromatic rings. The summed E-state index contributed by atoms with van der Waals surface area (Å²) >= 11 is 3.12. The van der Waals surface area contributed by atoms with Crippen molar-refractivity contribution in [3.8, 4) is 0 Å². The normalized spacial score (nSPS) is 17.5. The van der Waals surface area contributed by atoms with Gasteiger partial charge in [0.15, 0.2) is 0 Å². The molecule has 106 valence electrons. The van der Waals surface area contributed by atoms with Gasteiger partial charge in [0.2, 0.25) is 10.0 Å². The Kier molecular flexibility index (Phi) is 4.29. The lowest BCUT2D eigenvalue weighted by atomic mass is 10.2. The third kappa shape index (κ3) is 3.34.